The number of allylic oxidation sites excluding steroid dienone is 1. The van der Waals surface area contributed by atoms with Gasteiger partial charge in [-0.05, 0) is 31.5 Å². The van der Waals surface area contributed by atoms with Gasteiger partial charge >= 0.3 is 6.55 Å². The zero-order valence-electron chi connectivity index (χ0n) is 15.9. The fraction of sp³-hybridized carbons (Fsp3) is 0.250. The van der Waals surface area contributed by atoms with E-state index >= 15 is 0 Å². The van der Waals surface area contributed by atoms with Gasteiger partial charge in [0.25, 0.3) is 5.56 Å². The Kier molecular flexibility index (Phi) is 5.26. The topological polar surface area (TPSA) is 52.7 Å². The van der Waals surface area contributed by atoms with E-state index in [0.717, 1.165) is 15.0 Å². The minimum absolute atomic E-state index is 0.137. The fourth-order valence-corrected chi connectivity index (χ4v) is 5.26. The van der Waals surface area contributed by atoms with Gasteiger partial charge in [0.1, 0.15) is 10.7 Å². The lowest BCUT2D eigenvalue weighted by Gasteiger charge is -2.11. The average Bonchev–Trinajstić information content (AvgIpc) is 3.20. The van der Waals surface area contributed by atoms with Crippen LogP contribution < -0.4 is 5.56 Å². The number of fused-ring (bicyclic) bond motifs is 2. The average molecular weight is 433 g/mol. The number of thioether (sulfide) groups is 1. The molecule has 0 atom stereocenters. The van der Waals surface area contributed by atoms with Gasteiger partial charge in [-0.1, -0.05) is 30.0 Å². The van der Waals surface area contributed by atoms with Crippen LogP contribution in [-0.4, -0.2) is 19.1 Å². The van der Waals surface area contributed by atoms with Crippen LogP contribution in [-0.2, 0) is 12.3 Å². The Morgan fingerprint density at radius 3 is 2.76 bits per heavy atom. The molecule has 4 rings (SSSR count). The lowest BCUT2D eigenvalue weighted by molar-refractivity contribution is 0.0722. The van der Waals surface area contributed by atoms with Gasteiger partial charge in [-0.15, -0.1) is 17.9 Å². The Labute approximate surface area is 173 Å². The molecule has 0 saturated carbocycles. The summed E-state index contributed by atoms with van der Waals surface area (Å²) in [5.74, 6) is 0.404. The van der Waals surface area contributed by atoms with Crippen molar-refractivity contribution in [2.24, 2.45) is 0 Å². The van der Waals surface area contributed by atoms with Crippen LogP contribution in [0.25, 0.3) is 21.3 Å². The minimum Gasteiger partial charge on any atom is -0.283 e. The first-order valence-electron chi connectivity index (χ1n) is 8.90. The second-order valence-corrected chi connectivity index (χ2v) is 8.66. The zero-order chi connectivity index (χ0) is 20.7. The van der Waals surface area contributed by atoms with E-state index in [2.05, 4.69) is 16.5 Å². The predicted octanol–water partition coefficient (Wildman–Crippen LogP) is 5.30. The molecule has 1 aromatic carbocycles. The van der Waals surface area contributed by atoms with Gasteiger partial charge in [-0.3, -0.25) is 13.9 Å². The number of hydrogen-bond acceptors (Lipinski definition) is 5. The molecule has 0 amide bonds. The number of para-hydroxylation sites is 2. The Balaban J connectivity index is 1.78. The van der Waals surface area contributed by atoms with Gasteiger partial charge in [0.05, 0.1) is 22.2 Å². The Bertz CT molecular complexity index is 1290. The molecule has 0 spiro atoms. The van der Waals surface area contributed by atoms with Crippen molar-refractivity contribution >= 4 is 44.3 Å². The normalized spacial score (nSPS) is 11.8. The highest BCUT2D eigenvalue weighted by Gasteiger charge is 2.20. The van der Waals surface area contributed by atoms with Crippen molar-refractivity contribution in [3.8, 4) is 0 Å². The van der Waals surface area contributed by atoms with E-state index in [1.54, 1.807) is 30.3 Å². The lowest BCUT2D eigenvalue weighted by Crippen LogP contribution is -2.22. The van der Waals surface area contributed by atoms with Crippen molar-refractivity contribution in [1.82, 2.24) is 19.1 Å². The van der Waals surface area contributed by atoms with Crippen LogP contribution in [0, 0.1) is 13.8 Å². The molecule has 0 unspecified atom stereocenters. The van der Waals surface area contributed by atoms with E-state index in [-0.39, 0.29) is 17.1 Å². The number of alkyl halides is 2. The number of aryl methyl sites for hydroxylation is 2. The molecule has 3 heterocycles. The van der Waals surface area contributed by atoms with E-state index in [1.165, 1.54) is 27.7 Å². The van der Waals surface area contributed by atoms with Crippen LogP contribution >= 0.6 is 23.1 Å². The van der Waals surface area contributed by atoms with Crippen LogP contribution in [0.4, 0.5) is 8.78 Å². The van der Waals surface area contributed by atoms with E-state index in [9.17, 15) is 13.6 Å². The third kappa shape index (κ3) is 3.38. The van der Waals surface area contributed by atoms with Crippen LogP contribution in [0.5, 0.6) is 0 Å². The Morgan fingerprint density at radius 1 is 1.28 bits per heavy atom. The largest absolute Gasteiger partial charge is 0.320 e. The van der Waals surface area contributed by atoms with Gasteiger partial charge in [-0.2, -0.15) is 8.78 Å². The molecule has 150 valence electrons. The maximum atomic E-state index is 13.7. The van der Waals surface area contributed by atoms with Crippen molar-refractivity contribution < 1.29 is 8.78 Å². The number of hydrogen-bond donors (Lipinski definition) is 0. The number of aromatic nitrogens is 4. The highest BCUT2D eigenvalue weighted by molar-refractivity contribution is 7.98. The van der Waals surface area contributed by atoms with E-state index in [1.807, 2.05) is 13.8 Å². The molecule has 5 nitrogen and oxygen atoms in total. The van der Waals surface area contributed by atoms with Gasteiger partial charge in [0.2, 0.25) is 0 Å². The monoisotopic (exact) mass is 432 g/mol. The van der Waals surface area contributed by atoms with Gasteiger partial charge in [-0.25, -0.2) is 9.97 Å². The van der Waals surface area contributed by atoms with Crippen LogP contribution in [0.2, 0.25) is 0 Å². The molecular weight excluding hydrogens is 414 g/mol. The first-order valence-corrected chi connectivity index (χ1v) is 10.7. The van der Waals surface area contributed by atoms with Crippen molar-refractivity contribution in [2.75, 3.05) is 0 Å². The molecule has 0 radical (unpaired) electrons. The molecule has 0 saturated heterocycles. The Hall–Kier alpha value is -2.52. The SMILES string of the molecule is C=CCn1c(SCc2nc3ccccc3n2C(F)F)nc2sc(C)c(C)c2c1=O. The Morgan fingerprint density at radius 2 is 2.03 bits per heavy atom. The van der Waals surface area contributed by atoms with Crippen LogP contribution in [0.1, 0.15) is 22.8 Å². The van der Waals surface area contributed by atoms with Crippen molar-refractivity contribution in [2.45, 2.75) is 37.9 Å². The summed E-state index contributed by atoms with van der Waals surface area (Å²) in [6.07, 6.45) is 1.63. The third-order valence-corrected chi connectivity index (χ3v) is 6.83. The number of thiophene rings is 1. The van der Waals surface area contributed by atoms with Crippen molar-refractivity contribution in [3.63, 3.8) is 0 Å². The molecule has 0 aliphatic carbocycles. The second kappa shape index (κ2) is 7.72. The first-order chi connectivity index (χ1) is 13.9. The van der Waals surface area contributed by atoms with Crippen LogP contribution in [0.3, 0.4) is 0 Å². The van der Waals surface area contributed by atoms with Gasteiger partial charge in [0, 0.05) is 11.4 Å². The number of rotatable bonds is 6. The summed E-state index contributed by atoms with van der Waals surface area (Å²) in [7, 11) is 0. The first kappa shape index (κ1) is 19.8. The van der Waals surface area contributed by atoms with Gasteiger partial charge in [0.15, 0.2) is 5.16 Å². The van der Waals surface area contributed by atoms with E-state index < -0.39 is 6.55 Å². The minimum atomic E-state index is -2.70. The van der Waals surface area contributed by atoms with Crippen LogP contribution in [0.15, 0.2) is 46.9 Å². The fourth-order valence-electron chi connectivity index (χ4n) is 3.25. The maximum Gasteiger partial charge on any atom is 0.320 e. The summed E-state index contributed by atoms with van der Waals surface area (Å²) in [5.41, 5.74) is 1.69. The standard InChI is InChI=1S/C20H18F2N4OS2/c1-4-9-25-18(27)16-11(2)12(3)29-17(16)24-20(25)28-10-15-23-13-7-5-6-8-14(13)26(15)19(21)22/h4-8,19H,1,9-10H2,2-3H3. The molecule has 0 bridgehead atoms. The molecule has 0 N–H and O–H groups in total. The quantitative estimate of drug-likeness (QED) is 0.236. The molecule has 9 heteroatoms. The van der Waals surface area contributed by atoms with E-state index in [4.69, 9.17) is 0 Å². The highest BCUT2D eigenvalue weighted by atomic mass is 32.2. The molecule has 0 fully saturated rings. The van der Waals surface area contributed by atoms with E-state index in [0.29, 0.717) is 33.0 Å². The summed E-state index contributed by atoms with van der Waals surface area (Å²) < 4.78 is 29.8. The number of imidazole rings is 1. The smallest absolute Gasteiger partial charge is 0.283 e. The molecule has 3 aromatic heterocycles. The summed E-state index contributed by atoms with van der Waals surface area (Å²) in [5, 5.41) is 1.08. The summed E-state index contributed by atoms with van der Waals surface area (Å²) >= 11 is 2.69. The number of benzene rings is 1. The second-order valence-electron chi connectivity index (χ2n) is 6.52. The lowest BCUT2D eigenvalue weighted by atomic mass is 10.2. The predicted molar refractivity (Wildman–Crippen MR) is 114 cm³/mol. The molecule has 29 heavy (non-hydrogen) atoms. The molecule has 4 aromatic rings. The van der Waals surface area contributed by atoms with Gasteiger partial charge < -0.3 is 0 Å². The molecule has 0 aliphatic heterocycles. The van der Waals surface area contributed by atoms with Crippen molar-refractivity contribution in [3.05, 3.63) is 63.5 Å². The number of halogens is 2. The number of nitrogens with zero attached hydrogens (tertiary/aromatic N) is 4. The van der Waals surface area contributed by atoms with Crippen molar-refractivity contribution in [1.29, 1.82) is 0 Å². The summed E-state index contributed by atoms with van der Waals surface area (Å²) in [6.45, 7) is 5.18. The zero-order valence-corrected chi connectivity index (χ0v) is 17.5. The third-order valence-electron chi connectivity index (χ3n) is 4.76. The summed E-state index contributed by atoms with van der Waals surface area (Å²) in [6, 6.07) is 6.80. The molecule has 0 aliphatic rings. The highest BCUT2D eigenvalue weighted by Crippen LogP contribution is 2.31. The summed E-state index contributed by atoms with van der Waals surface area (Å²) in [4.78, 5) is 23.7. The maximum absolute atomic E-state index is 13.7. The molecular formula is C20H18F2N4OS2.